The van der Waals surface area contributed by atoms with E-state index in [1.165, 1.54) is 16.7 Å². The minimum Gasteiger partial charge on any atom is -0.481 e. The Morgan fingerprint density at radius 2 is 1.88 bits per heavy atom. The largest absolute Gasteiger partial charge is 0.481 e. The first kappa shape index (κ1) is 15.4. The number of carboxylic acids is 1. The van der Waals surface area contributed by atoms with Crippen LogP contribution in [0.1, 0.15) is 17.0 Å². The topological polar surface area (TPSA) is 66.7 Å². The second-order valence-corrected chi connectivity index (χ2v) is 9.50. The number of aliphatic carboxylic acids is 1. The van der Waals surface area contributed by atoms with E-state index in [1.807, 2.05) is 30.3 Å². The third-order valence-electron chi connectivity index (χ3n) is 4.97. The van der Waals surface area contributed by atoms with Crippen LogP contribution in [0.3, 0.4) is 0 Å². The highest BCUT2D eigenvalue weighted by Crippen LogP contribution is 2.62. The molecule has 2 aromatic carbocycles. The van der Waals surface area contributed by atoms with Crippen LogP contribution in [0.15, 0.2) is 46.8 Å². The summed E-state index contributed by atoms with van der Waals surface area (Å²) in [5.41, 5.74) is 5.46. The van der Waals surface area contributed by atoms with Gasteiger partial charge in [0.25, 0.3) is 0 Å². The van der Waals surface area contributed by atoms with Gasteiger partial charge in [-0.05, 0) is 46.7 Å². The third kappa shape index (κ3) is 2.53. The van der Waals surface area contributed by atoms with E-state index in [4.69, 9.17) is 0 Å². The molecule has 1 N–H and O–H groups in total. The van der Waals surface area contributed by atoms with Crippen molar-refractivity contribution in [2.24, 2.45) is 16.2 Å². The zero-order valence-electron chi connectivity index (χ0n) is 13.6. The summed E-state index contributed by atoms with van der Waals surface area (Å²) in [5, 5.41) is 9.26. The summed E-state index contributed by atoms with van der Waals surface area (Å²) in [6.45, 7) is 0. The molecule has 2 aliphatic carbocycles. The van der Waals surface area contributed by atoms with Gasteiger partial charge in [-0.2, -0.15) is 4.36 Å². The van der Waals surface area contributed by atoms with E-state index < -0.39 is 15.7 Å². The molecule has 3 atom stereocenters. The van der Waals surface area contributed by atoms with Crippen molar-refractivity contribution in [1.82, 2.24) is 0 Å². The minimum atomic E-state index is -2.16. The van der Waals surface area contributed by atoms with Crippen LogP contribution in [0.4, 0.5) is 5.69 Å². The number of hydrogen-bond donors (Lipinski definition) is 1. The van der Waals surface area contributed by atoms with Gasteiger partial charge in [-0.25, -0.2) is 4.21 Å². The minimum absolute atomic E-state index is 0.191. The van der Waals surface area contributed by atoms with Crippen LogP contribution >= 0.6 is 0 Å². The number of benzene rings is 2. The normalized spacial score (nSPS) is 24.2. The Morgan fingerprint density at radius 3 is 2.50 bits per heavy atom. The maximum atomic E-state index is 11.8. The smallest absolute Gasteiger partial charge is 0.307 e. The maximum Gasteiger partial charge on any atom is 0.307 e. The highest BCUT2D eigenvalue weighted by molar-refractivity contribution is 7.92. The summed E-state index contributed by atoms with van der Waals surface area (Å²) in [4.78, 5) is 11.3. The lowest BCUT2D eigenvalue weighted by Crippen LogP contribution is -2.05. The average Bonchev–Trinajstić information content (AvgIpc) is 3.10. The van der Waals surface area contributed by atoms with Gasteiger partial charge in [0.05, 0.1) is 11.6 Å². The fraction of sp³-hybridized carbons (Fsp3) is 0.316. The van der Waals surface area contributed by atoms with Crippen LogP contribution in [0.25, 0.3) is 11.1 Å². The monoisotopic (exact) mass is 341 g/mol. The summed E-state index contributed by atoms with van der Waals surface area (Å²) in [5.74, 6) is -0.416. The van der Waals surface area contributed by atoms with E-state index in [-0.39, 0.29) is 17.8 Å². The van der Waals surface area contributed by atoms with E-state index in [9.17, 15) is 14.1 Å². The summed E-state index contributed by atoms with van der Waals surface area (Å²) in [6, 6.07) is 13.9. The summed E-state index contributed by atoms with van der Waals surface area (Å²) in [7, 11) is -2.16. The molecule has 0 spiro atoms. The molecule has 0 heterocycles. The number of fused-ring (bicyclic) bond motifs is 3. The lowest BCUT2D eigenvalue weighted by atomic mass is 9.93. The average molecular weight is 341 g/mol. The van der Waals surface area contributed by atoms with Gasteiger partial charge in [-0.1, -0.05) is 30.3 Å². The van der Waals surface area contributed by atoms with Crippen molar-refractivity contribution in [3.63, 3.8) is 0 Å². The standard InChI is InChI=1S/C19H19NO3S/c1-24(2,23)20-12-8-6-11(7-9-12)13-4-3-5-14-15(13)10-16-17(14)18(16)19(21)22/h3-9,16-18H,10H2,1-2H3,(H,21,22). The van der Waals surface area contributed by atoms with Crippen molar-refractivity contribution >= 4 is 21.4 Å². The van der Waals surface area contributed by atoms with Crippen LogP contribution in [0.5, 0.6) is 0 Å². The van der Waals surface area contributed by atoms with Crippen molar-refractivity contribution < 1.29 is 14.1 Å². The Bertz CT molecular complexity index is 947. The molecule has 5 heteroatoms. The fourth-order valence-electron chi connectivity index (χ4n) is 4.00. The van der Waals surface area contributed by atoms with Gasteiger partial charge in [0.2, 0.25) is 0 Å². The quantitative estimate of drug-likeness (QED) is 0.926. The maximum absolute atomic E-state index is 11.8. The Hall–Kier alpha value is -2.14. The van der Waals surface area contributed by atoms with Crippen LogP contribution in [-0.2, 0) is 20.9 Å². The van der Waals surface area contributed by atoms with E-state index in [0.29, 0.717) is 0 Å². The SMILES string of the molecule is CS(C)(=O)=Nc1ccc(-c2cccc3c2CC2C(C(=O)O)C32)cc1. The Kier molecular flexibility index (Phi) is 3.32. The first-order valence-electron chi connectivity index (χ1n) is 7.97. The summed E-state index contributed by atoms with van der Waals surface area (Å²) in [6.07, 6.45) is 4.09. The number of carbonyl (C=O) groups is 1. The number of carboxylic acid groups (broad SMARTS) is 1. The first-order chi connectivity index (χ1) is 11.3. The molecule has 1 saturated carbocycles. The molecule has 4 nitrogen and oxygen atoms in total. The second-order valence-electron chi connectivity index (χ2n) is 6.95. The number of rotatable bonds is 3. The molecule has 2 aromatic rings. The number of nitrogens with zero attached hydrogens (tertiary/aromatic N) is 1. The molecule has 24 heavy (non-hydrogen) atoms. The molecule has 1 fully saturated rings. The molecule has 0 amide bonds. The van der Waals surface area contributed by atoms with E-state index >= 15 is 0 Å². The molecule has 0 aromatic heterocycles. The zero-order valence-corrected chi connectivity index (χ0v) is 14.4. The van der Waals surface area contributed by atoms with Gasteiger partial charge >= 0.3 is 5.97 Å². The van der Waals surface area contributed by atoms with Crippen molar-refractivity contribution in [3.05, 3.63) is 53.6 Å². The molecule has 0 saturated heterocycles. The summed E-state index contributed by atoms with van der Waals surface area (Å²) < 4.78 is 16.0. The van der Waals surface area contributed by atoms with Crippen LogP contribution in [0.2, 0.25) is 0 Å². The van der Waals surface area contributed by atoms with Gasteiger partial charge in [0.15, 0.2) is 0 Å². The predicted molar refractivity (Wildman–Crippen MR) is 95.0 cm³/mol. The highest BCUT2D eigenvalue weighted by atomic mass is 32.2. The second kappa shape index (κ2) is 5.18. The fourth-order valence-corrected chi connectivity index (χ4v) is 4.62. The van der Waals surface area contributed by atoms with E-state index in [1.54, 1.807) is 12.5 Å². The molecule has 0 bridgehead atoms. The molecular formula is C19H19NO3S. The zero-order chi connectivity index (χ0) is 17.1. The summed E-state index contributed by atoms with van der Waals surface area (Å²) >= 11 is 0. The van der Waals surface area contributed by atoms with Crippen LogP contribution < -0.4 is 0 Å². The third-order valence-corrected chi connectivity index (χ3v) is 5.62. The van der Waals surface area contributed by atoms with Crippen LogP contribution in [0, 0.1) is 11.8 Å². The molecule has 0 radical (unpaired) electrons. The van der Waals surface area contributed by atoms with Gasteiger partial charge in [0, 0.05) is 28.2 Å². The molecule has 0 aliphatic heterocycles. The molecular weight excluding hydrogens is 322 g/mol. The highest BCUT2D eigenvalue weighted by Gasteiger charge is 2.59. The first-order valence-corrected chi connectivity index (χ1v) is 10.3. The van der Waals surface area contributed by atoms with Crippen molar-refractivity contribution in [2.75, 3.05) is 12.5 Å². The Balaban J connectivity index is 1.69. The Morgan fingerprint density at radius 1 is 1.17 bits per heavy atom. The Labute approximate surface area is 141 Å². The molecule has 3 unspecified atom stereocenters. The predicted octanol–water partition coefficient (Wildman–Crippen LogP) is 3.68. The van der Waals surface area contributed by atoms with Gasteiger partial charge in [-0.3, -0.25) is 4.79 Å². The van der Waals surface area contributed by atoms with Crippen molar-refractivity contribution in [3.8, 4) is 11.1 Å². The molecule has 124 valence electrons. The van der Waals surface area contributed by atoms with Crippen molar-refractivity contribution in [2.45, 2.75) is 12.3 Å². The van der Waals surface area contributed by atoms with Crippen LogP contribution in [-0.4, -0.2) is 27.8 Å². The lowest BCUT2D eigenvalue weighted by molar-refractivity contribution is -0.139. The van der Waals surface area contributed by atoms with E-state index in [2.05, 4.69) is 16.5 Å². The molecule has 2 aliphatic rings. The van der Waals surface area contributed by atoms with Gasteiger partial charge < -0.3 is 5.11 Å². The van der Waals surface area contributed by atoms with E-state index in [0.717, 1.165) is 17.7 Å². The lowest BCUT2D eigenvalue weighted by Gasteiger charge is -2.12. The number of hydrogen-bond acceptors (Lipinski definition) is 3. The molecule has 4 rings (SSSR count). The van der Waals surface area contributed by atoms with Crippen molar-refractivity contribution in [1.29, 1.82) is 0 Å². The van der Waals surface area contributed by atoms with Gasteiger partial charge in [0.1, 0.15) is 0 Å². The van der Waals surface area contributed by atoms with Gasteiger partial charge in [-0.15, -0.1) is 0 Å².